The molecule has 0 atom stereocenters. The second kappa shape index (κ2) is 9.04. The van der Waals surface area contributed by atoms with Crippen LogP contribution in [0, 0.1) is 0 Å². The molecular formula is C18H26ClN3O2. The van der Waals surface area contributed by atoms with Crippen molar-refractivity contribution in [3.8, 4) is 0 Å². The highest BCUT2D eigenvalue weighted by atomic mass is 35.5. The van der Waals surface area contributed by atoms with Crippen LogP contribution in [0.15, 0.2) is 29.3 Å². The van der Waals surface area contributed by atoms with Crippen molar-refractivity contribution in [1.82, 2.24) is 9.80 Å². The predicted molar refractivity (Wildman–Crippen MR) is 97.7 cm³/mol. The van der Waals surface area contributed by atoms with Gasteiger partial charge in [0.2, 0.25) is 0 Å². The van der Waals surface area contributed by atoms with E-state index in [1.54, 1.807) is 24.3 Å². The number of hydrogen-bond acceptors (Lipinski definition) is 3. The van der Waals surface area contributed by atoms with Crippen LogP contribution in [0.1, 0.15) is 36.5 Å². The van der Waals surface area contributed by atoms with Crippen LogP contribution in [0.4, 0.5) is 0 Å². The molecule has 1 aromatic carbocycles. The summed E-state index contributed by atoms with van der Waals surface area (Å²) in [6.45, 7) is 4.64. The molecule has 1 fully saturated rings. The molecule has 6 heteroatoms. The van der Waals surface area contributed by atoms with E-state index in [4.69, 9.17) is 16.3 Å². The molecule has 1 heterocycles. The van der Waals surface area contributed by atoms with Crippen LogP contribution >= 0.6 is 11.6 Å². The van der Waals surface area contributed by atoms with E-state index in [1.165, 1.54) is 0 Å². The number of piperidine rings is 1. The zero-order valence-corrected chi connectivity index (χ0v) is 15.4. The van der Waals surface area contributed by atoms with E-state index in [2.05, 4.69) is 16.9 Å². The molecule has 24 heavy (non-hydrogen) atoms. The van der Waals surface area contributed by atoms with Crippen molar-refractivity contribution in [2.75, 3.05) is 33.8 Å². The van der Waals surface area contributed by atoms with E-state index in [0.717, 1.165) is 32.4 Å². The summed E-state index contributed by atoms with van der Waals surface area (Å²) in [5.41, 5.74) is 0.397. The molecule has 0 radical (unpaired) electrons. The fraction of sp³-hybridized carbons (Fsp3) is 0.556. The van der Waals surface area contributed by atoms with Gasteiger partial charge in [-0.25, -0.2) is 0 Å². The van der Waals surface area contributed by atoms with E-state index in [0.29, 0.717) is 29.3 Å². The van der Waals surface area contributed by atoms with Gasteiger partial charge in [-0.2, -0.15) is 4.99 Å². The maximum Gasteiger partial charge on any atom is 0.295 e. The number of amidine groups is 1. The molecule has 0 saturated carbocycles. The number of amides is 1. The Balaban J connectivity index is 2.17. The van der Waals surface area contributed by atoms with Crippen LogP contribution < -0.4 is 0 Å². The summed E-state index contributed by atoms with van der Waals surface area (Å²) in [4.78, 5) is 21.0. The lowest BCUT2D eigenvalue weighted by molar-refractivity contribution is 0.0988. The maximum atomic E-state index is 12.5. The van der Waals surface area contributed by atoms with Crippen LogP contribution in [-0.4, -0.2) is 61.6 Å². The smallest absolute Gasteiger partial charge is 0.295 e. The van der Waals surface area contributed by atoms with Crippen LogP contribution in [-0.2, 0) is 4.74 Å². The molecule has 1 aliphatic heterocycles. The van der Waals surface area contributed by atoms with Crippen molar-refractivity contribution in [1.29, 1.82) is 0 Å². The van der Waals surface area contributed by atoms with Crippen molar-refractivity contribution in [3.63, 3.8) is 0 Å². The first-order valence-corrected chi connectivity index (χ1v) is 8.82. The molecule has 1 saturated heterocycles. The monoisotopic (exact) mass is 351 g/mol. The quantitative estimate of drug-likeness (QED) is 0.617. The highest BCUT2D eigenvalue weighted by molar-refractivity contribution is 6.34. The van der Waals surface area contributed by atoms with Gasteiger partial charge in [0.15, 0.2) is 0 Å². The molecule has 1 amide bonds. The molecule has 0 aliphatic carbocycles. The van der Waals surface area contributed by atoms with E-state index < -0.39 is 0 Å². The summed E-state index contributed by atoms with van der Waals surface area (Å²) in [6.07, 6.45) is 2.92. The number of nitrogens with zero attached hydrogens (tertiary/aromatic N) is 3. The van der Waals surface area contributed by atoms with Crippen LogP contribution in [0.3, 0.4) is 0 Å². The second-order valence-electron chi connectivity index (χ2n) is 6.17. The molecule has 1 aromatic rings. The van der Waals surface area contributed by atoms with Gasteiger partial charge in [-0.1, -0.05) is 30.7 Å². The van der Waals surface area contributed by atoms with E-state index in [1.807, 2.05) is 18.9 Å². The average Bonchev–Trinajstić information content (AvgIpc) is 2.59. The van der Waals surface area contributed by atoms with Gasteiger partial charge in [0.05, 0.1) is 17.2 Å². The molecule has 1 aliphatic rings. The van der Waals surface area contributed by atoms with Crippen molar-refractivity contribution in [3.05, 3.63) is 34.9 Å². The van der Waals surface area contributed by atoms with Gasteiger partial charge in [-0.05, 0) is 51.5 Å². The standard InChI is InChI=1S/C18H26ClN3O2/c1-4-13-24-18(22(3)14-9-11-21(2)12-10-14)20-17(23)15-7-5-6-8-16(15)19/h5-8,14H,4,9-13H2,1-3H3. The molecule has 132 valence electrons. The first-order valence-electron chi connectivity index (χ1n) is 8.44. The third-order valence-corrected chi connectivity index (χ3v) is 4.60. The Kier molecular flexibility index (Phi) is 7.06. The Bertz CT molecular complexity index is 583. The summed E-state index contributed by atoms with van der Waals surface area (Å²) in [5.74, 6) is -0.369. The first-order chi connectivity index (χ1) is 11.5. The van der Waals surface area contributed by atoms with Crippen LogP contribution in [0.2, 0.25) is 5.02 Å². The third kappa shape index (κ3) is 4.95. The van der Waals surface area contributed by atoms with E-state index in [-0.39, 0.29) is 5.91 Å². The first kappa shape index (κ1) is 18.7. The molecule has 5 nitrogen and oxygen atoms in total. The number of likely N-dealkylation sites (tertiary alicyclic amines) is 1. The Morgan fingerprint density at radius 1 is 1.38 bits per heavy atom. The summed E-state index contributed by atoms with van der Waals surface area (Å²) >= 11 is 6.10. The molecule has 2 rings (SSSR count). The number of carbonyl (C=O) groups is 1. The number of hydrogen-bond donors (Lipinski definition) is 0. The fourth-order valence-electron chi connectivity index (χ4n) is 2.73. The van der Waals surface area contributed by atoms with Gasteiger partial charge in [0.1, 0.15) is 0 Å². The zero-order chi connectivity index (χ0) is 17.5. The molecular weight excluding hydrogens is 326 g/mol. The average molecular weight is 352 g/mol. The van der Waals surface area contributed by atoms with Crippen molar-refractivity contribution in [2.45, 2.75) is 32.2 Å². The van der Waals surface area contributed by atoms with Crippen molar-refractivity contribution >= 4 is 23.5 Å². The summed E-state index contributed by atoms with van der Waals surface area (Å²) in [5, 5.41) is 0.406. The lowest BCUT2D eigenvalue weighted by Gasteiger charge is -2.36. The van der Waals surface area contributed by atoms with Crippen molar-refractivity contribution in [2.24, 2.45) is 4.99 Å². The van der Waals surface area contributed by atoms with Gasteiger partial charge in [0.25, 0.3) is 11.9 Å². The number of halogens is 1. The SMILES string of the molecule is CCCOC(=NC(=O)c1ccccc1Cl)N(C)C1CCN(C)CC1. The van der Waals surface area contributed by atoms with Gasteiger partial charge in [-0.3, -0.25) is 4.79 Å². The minimum absolute atomic E-state index is 0.329. The number of carbonyl (C=O) groups excluding carboxylic acids is 1. The number of ether oxygens (including phenoxy) is 1. The lowest BCUT2D eigenvalue weighted by atomic mass is 10.0. The number of aliphatic imine (C=N–C) groups is 1. The number of rotatable bonds is 4. The van der Waals surface area contributed by atoms with E-state index in [9.17, 15) is 4.79 Å². The second-order valence-corrected chi connectivity index (χ2v) is 6.58. The molecule has 0 bridgehead atoms. The third-order valence-electron chi connectivity index (χ3n) is 4.27. The number of benzene rings is 1. The van der Waals surface area contributed by atoms with Gasteiger partial charge < -0.3 is 14.5 Å². The lowest BCUT2D eigenvalue weighted by Crippen LogP contribution is -2.45. The highest BCUT2D eigenvalue weighted by Crippen LogP contribution is 2.18. The normalized spacial score (nSPS) is 16.9. The fourth-order valence-corrected chi connectivity index (χ4v) is 2.94. The molecule has 0 unspecified atom stereocenters. The summed E-state index contributed by atoms with van der Waals surface area (Å²) < 4.78 is 5.76. The summed E-state index contributed by atoms with van der Waals surface area (Å²) in [7, 11) is 4.07. The highest BCUT2D eigenvalue weighted by Gasteiger charge is 2.25. The maximum absolute atomic E-state index is 12.5. The topological polar surface area (TPSA) is 45.1 Å². The van der Waals surface area contributed by atoms with E-state index >= 15 is 0 Å². The predicted octanol–water partition coefficient (Wildman–Crippen LogP) is 3.29. The van der Waals surface area contributed by atoms with Crippen LogP contribution in [0.5, 0.6) is 0 Å². The van der Waals surface area contributed by atoms with Crippen LogP contribution in [0.25, 0.3) is 0 Å². The minimum atomic E-state index is -0.369. The Hall–Kier alpha value is -1.59. The minimum Gasteiger partial charge on any atom is -0.465 e. The largest absolute Gasteiger partial charge is 0.465 e. The summed E-state index contributed by atoms with van der Waals surface area (Å²) in [6, 6.07) is 7.66. The molecule has 0 N–H and O–H groups in total. The van der Waals surface area contributed by atoms with Gasteiger partial charge >= 0.3 is 0 Å². The Labute approximate surface area is 149 Å². The Morgan fingerprint density at radius 2 is 2.04 bits per heavy atom. The zero-order valence-electron chi connectivity index (χ0n) is 14.7. The Morgan fingerprint density at radius 3 is 2.67 bits per heavy atom. The van der Waals surface area contributed by atoms with Crippen molar-refractivity contribution < 1.29 is 9.53 Å². The van der Waals surface area contributed by atoms with Gasteiger partial charge in [-0.15, -0.1) is 0 Å². The van der Waals surface area contributed by atoms with Gasteiger partial charge in [0, 0.05) is 13.1 Å². The molecule has 0 aromatic heterocycles. The molecule has 0 spiro atoms.